The minimum atomic E-state index is -0.486. The number of amides is 2. The molecular formula is C12H19N5O3. The average Bonchev–Trinajstić information content (AvgIpc) is 2.95. The normalized spacial score (nSPS) is 18.1. The van der Waals surface area contributed by atoms with Crippen LogP contribution in [0.2, 0.25) is 0 Å². The Morgan fingerprint density at radius 1 is 1.50 bits per heavy atom. The molecule has 8 heteroatoms. The molecule has 0 radical (unpaired) electrons. The van der Waals surface area contributed by atoms with Crippen LogP contribution in [-0.2, 0) is 11.8 Å². The number of nitrogens with two attached hydrogens (primary N) is 1. The Labute approximate surface area is 116 Å². The maximum Gasteiger partial charge on any atom is 0.407 e. The predicted octanol–water partition coefficient (Wildman–Crippen LogP) is -0.119. The summed E-state index contributed by atoms with van der Waals surface area (Å²) in [6.45, 7) is 2.77. The maximum absolute atomic E-state index is 12.4. The van der Waals surface area contributed by atoms with Gasteiger partial charge in [-0.2, -0.15) is 5.10 Å². The van der Waals surface area contributed by atoms with Gasteiger partial charge in [0.25, 0.3) is 5.91 Å². The largest absolute Gasteiger partial charge is 0.453 e. The summed E-state index contributed by atoms with van der Waals surface area (Å²) in [4.78, 5) is 25.3. The molecule has 1 atom stereocenters. The van der Waals surface area contributed by atoms with E-state index in [1.165, 1.54) is 11.8 Å². The number of methoxy groups -OCH3 is 1. The number of ether oxygens (including phenoxy) is 1. The number of alkyl carbamates (subject to hydrolysis) is 1. The SMILES string of the molecule is COC(=O)NC1CCN(C(=O)c2c(N)c(C)nn2C)C1. The zero-order valence-electron chi connectivity index (χ0n) is 11.8. The number of nitrogens with one attached hydrogen (secondary N) is 1. The highest BCUT2D eigenvalue weighted by molar-refractivity contribution is 5.98. The van der Waals surface area contributed by atoms with Gasteiger partial charge >= 0.3 is 6.09 Å². The average molecular weight is 281 g/mol. The van der Waals surface area contributed by atoms with Crippen LogP contribution in [0.15, 0.2) is 0 Å². The summed E-state index contributed by atoms with van der Waals surface area (Å²) in [6.07, 6.45) is 0.206. The van der Waals surface area contributed by atoms with Gasteiger partial charge in [-0.05, 0) is 13.3 Å². The van der Waals surface area contributed by atoms with Crippen molar-refractivity contribution in [2.45, 2.75) is 19.4 Å². The number of aryl methyl sites for hydroxylation is 2. The molecule has 2 rings (SSSR count). The molecule has 1 fully saturated rings. The van der Waals surface area contributed by atoms with Crippen molar-refractivity contribution in [3.63, 3.8) is 0 Å². The summed E-state index contributed by atoms with van der Waals surface area (Å²) in [7, 11) is 3.00. The van der Waals surface area contributed by atoms with Gasteiger partial charge in [-0.25, -0.2) is 4.79 Å². The van der Waals surface area contributed by atoms with E-state index in [1.807, 2.05) is 0 Å². The minimum Gasteiger partial charge on any atom is -0.453 e. The first kappa shape index (κ1) is 14.2. The molecule has 110 valence electrons. The molecule has 0 bridgehead atoms. The molecule has 1 unspecified atom stereocenters. The van der Waals surface area contributed by atoms with Crippen molar-refractivity contribution in [2.24, 2.45) is 7.05 Å². The van der Waals surface area contributed by atoms with Crippen molar-refractivity contribution in [1.29, 1.82) is 0 Å². The fraction of sp³-hybridized carbons (Fsp3) is 0.583. The lowest BCUT2D eigenvalue weighted by Gasteiger charge is -2.17. The van der Waals surface area contributed by atoms with Crippen molar-refractivity contribution >= 4 is 17.7 Å². The van der Waals surface area contributed by atoms with Crippen LogP contribution in [0.4, 0.5) is 10.5 Å². The highest BCUT2D eigenvalue weighted by Crippen LogP contribution is 2.20. The highest BCUT2D eigenvalue weighted by Gasteiger charge is 2.31. The van der Waals surface area contributed by atoms with Crippen LogP contribution >= 0.6 is 0 Å². The number of nitrogens with zero attached hydrogens (tertiary/aromatic N) is 3. The number of hydrogen-bond acceptors (Lipinski definition) is 5. The van der Waals surface area contributed by atoms with Gasteiger partial charge < -0.3 is 20.7 Å². The molecule has 1 aliphatic rings. The number of rotatable bonds is 2. The van der Waals surface area contributed by atoms with Crippen molar-refractivity contribution in [3.05, 3.63) is 11.4 Å². The van der Waals surface area contributed by atoms with E-state index in [-0.39, 0.29) is 11.9 Å². The molecular weight excluding hydrogens is 262 g/mol. The molecule has 0 saturated carbocycles. The first-order chi connectivity index (χ1) is 9.43. The summed E-state index contributed by atoms with van der Waals surface area (Å²) in [5.41, 5.74) is 7.32. The number of carbonyl (C=O) groups is 2. The van der Waals surface area contributed by atoms with Gasteiger partial charge in [0.05, 0.1) is 24.5 Å². The van der Waals surface area contributed by atoms with Crippen molar-refractivity contribution in [2.75, 3.05) is 25.9 Å². The fourth-order valence-corrected chi connectivity index (χ4v) is 2.37. The van der Waals surface area contributed by atoms with Crippen LogP contribution in [0.3, 0.4) is 0 Å². The summed E-state index contributed by atoms with van der Waals surface area (Å²) in [5, 5.41) is 6.83. The Morgan fingerprint density at radius 3 is 2.75 bits per heavy atom. The zero-order chi connectivity index (χ0) is 14.9. The van der Waals surface area contributed by atoms with Crippen LogP contribution in [0, 0.1) is 6.92 Å². The van der Waals surface area contributed by atoms with Gasteiger partial charge in [0.1, 0.15) is 5.69 Å². The monoisotopic (exact) mass is 281 g/mol. The van der Waals surface area contributed by atoms with Crippen LogP contribution in [0.5, 0.6) is 0 Å². The summed E-state index contributed by atoms with van der Waals surface area (Å²) in [6, 6.07) is -0.0954. The van der Waals surface area contributed by atoms with Crippen LogP contribution in [0.25, 0.3) is 0 Å². The molecule has 2 amide bonds. The third-order valence-corrected chi connectivity index (χ3v) is 3.45. The summed E-state index contributed by atoms with van der Waals surface area (Å²) >= 11 is 0. The molecule has 20 heavy (non-hydrogen) atoms. The Balaban J connectivity index is 2.06. The first-order valence-electron chi connectivity index (χ1n) is 6.36. The van der Waals surface area contributed by atoms with Gasteiger partial charge in [-0.3, -0.25) is 9.48 Å². The highest BCUT2D eigenvalue weighted by atomic mass is 16.5. The molecule has 3 N–H and O–H groups in total. The summed E-state index contributed by atoms with van der Waals surface area (Å²) < 4.78 is 6.04. The molecule has 1 aliphatic heterocycles. The first-order valence-corrected chi connectivity index (χ1v) is 6.36. The van der Waals surface area contributed by atoms with Gasteiger partial charge in [-0.1, -0.05) is 0 Å². The van der Waals surface area contributed by atoms with E-state index >= 15 is 0 Å². The lowest BCUT2D eigenvalue weighted by molar-refractivity contribution is 0.0778. The maximum atomic E-state index is 12.4. The lowest BCUT2D eigenvalue weighted by atomic mass is 10.2. The van der Waals surface area contributed by atoms with Crippen molar-refractivity contribution in [1.82, 2.24) is 20.0 Å². The van der Waals surface area contributed by atoms with E-state index in [4.69, 9.17) is 5.73 Å². The van der Waals surface area contributed by atoms with E-state index in [2.05, 4.69) is 15.2 Å². The smallest absolute Gasteiger partial charge is 0.407 e. The van der Waals surface area contributed by atoms with Crippen molar-refractivity contribution in [3.8, 4) is 0 Å². The number of anilines is 1. The summed E-state index contributed by atoms with van der Waals surface area (Å²) in [5.74, 6) is -0.167. The third-order valence-electron chi connectivity index (χ3n) is 3.45. The number of likely N-dealkylation sites (tertiary alicyclic amines) is 1. The zero-order valence-corrected chi connectivity index (χ0v) is 11.8. The molecule has 2 heterocycles. The molecule has 1 aromatic heterocycles. The standard InChI is InChI=1S/C12H19N5O3/c1-7-9(13)10(16(2)15-7)11(18)17-5-4-8(6-17)14-12(19)20-3/h8H,4-6,13H2,1-3H3,(H,14,19). The van der Waals surface area contributed by atoms with Gasteiger partial charge in [-0.15, -0.1) is 0 Å². The molecule has 0 aromatic carbocycles. The van der Waals surface area contributed by atoms with E-state index in [1.54, 1.807) is 18.9 Å². The van der Waals surface area contributed by atoms with E-state index in [9.17, 15) is 9.59 Å². The Kier molecular flexibility index (Phi) is 3.82. The predicted molar refractivity (Wildman–Crippen MR) is 72.2 cm³/mol. The second-order valence-corrected chi connectivity index (χ2v) is 4.84. The van der Waals surface area contributed by atoms with E-state index < -0.39 is 6.09 Å². The Morgan fingerprint density at radius 2 is 2.20 bits per heavy atom. The minimum absolute atomic E-state index is 0.0954. The van der Waals surface area contributed by atoms with Crippen molar-refractivity contribution < 1.29 is 14.3 Å². The molecule has 8 nitrogen and oxygen atoms in total. The molecule has 0 aliphatic carbocycles. The van der Waals surface area contributed by atoms with Gasteiger partial charge in [0.15, 0.2) is 0 Å². The quantitative estimate of drug-likeness (QED) is 0.787. The topological polar surface area (TPSA) is 102 Å². The Bertz CT molecular complexity index is 539. The second kappa shape index (κ2) is 5.40. The number of aromatic nitrogens is 2. The lowest BCUT2D eigenvalue weighted by Crippen LogP contribution is -2.38. The van der Waals surface area contributed by atoms with Gasteiger partial charge in [0.2, 0.25) is 0 Å². The number of nitrogen functional groups attached to an aromatic ring is 1. The van der Waals surface area contributed by atoms with E-state index in [0.29, 0.717) is 36.6 Å². The van der Waals surface area contributed by atoms with E-state index in [0.717, 1.165) is 0 Å². The molecule has 0 spiro atoms. The number of carbonyl (C=O) groups excluding carboxylic acids is 2. The Hall–Kier alpha value is -2.25. The van der Waals surface area contributed by atoms with Crippen LogP contribution in [-0.4, -0.2) is 52.9 Å². The van der Waals surface area contributed by atoms with Crippen LogP contribution in [0.1, 0.15) is 22.6 Å². The van der Waals surface area contributed by atoms with Crippen LogP contribution < -0.4 is 11.1 Å². The molecule has 1 saturated heterocycles. The van der Waals surface area contributed by atoms with Gasteiger partial charge in [0, 0.05) is 20.1 Å². The number of hydrogen-bond donors (Lipinski definition) is 2. The fourth-order valence-electron chi connectivity index (χ4n) is 2.37. The molecule has 1 aromatic rings. The third kappa shape index (κ3) is 2.54. The second-order valence-electron chi connectivity index (χ2n) is 4.84.